The normalized spacial score (nSPS) is 12.0. The first-order valence-electron chi connectivity index (χ1n) is 10.3. The highest BCUT2D eigenvalue weighted by atomic mass is 19.1. The smallest absolute Gasteiger partial charge is 0.268 e. The van der Waals surface area contributed by atoms with Crippen LogP contribution in [0.15, 0.2) is 66.9 Å². The lowest BCUT2D eigenvalue weighted by Crippen LogP contribution is -2.51. The van der Waals surface area contributed by atoms with E-state index in [2.05, 4.69) is 27.5 Å². The lowest BCUT2D eigenvalue weighted by Gasteiger charge is -2.19. The van der Waals surface area contributed by atoms with Crippen LogP contribution in [-0.2, 0) is 11.3 Å². The van der Waals surface area contributed by atoms with Crippen LogP contribution in [0.4, 0.5) is 10.2 Å². The molecule has 34 heavy (non-hydrogen) atoms. The summed E-state index contributed by atoms with van der Waals surface area (Å²) in [4.78, 5) is 28.2. The Balaban J connectivity index is 1.57. The van der Waals surface area contributed by atoms with Crippen LogP contribution >= 0.6 is 0 Å². The molecule has 5 N–H and O–H groups in total. The van der Waals surface area contributed by atoms with Crippen molar-refractivity contribution in [3.8, 4) is 11.8 Å². The molecule has 174 valence electrons. The Hall–Kier alpha value is -4.26. The van der Waals surface area contributed by atoms with Gasteiger partial charge < -0.3 is 15.7 Å². The van der Waals surface area contributed by atoms with E-state index in [1.165, 1.54) is 36.7 Å². The van der Waals surface area contributed by atoms with E-state index in [1.54, 1.807) is 36.5 Å². The first-order valence-corrected chi connectivity index (χ1v) is 10.3. The third-order valence-electron chi connectivity index (χ3n) is 4.81. The van der Waals surface area contributed by atoms with E-state index in [4.69, 9.17) is 5.21 Å². The Bertz CT molecular complexity index is 1180. The first-order chi connectivity index (χ1) is 16.4. The summed E-state index contributed by atoms with van der Waals surface area (Å²) < 4.78 is 13.0. The van der Waals surface area contributed by atoms with E-state index in [0.717, 1.165) is 5.56 Å². The lowest BCUT2D eigenvalue weighted by molar-refractivity contribution is -0.133. The second kappa shape index (κ2) is 11.6. The molecule has 2 aromatic carbocycles. The Morgan fingerprint density at radius 2 is 1.65 bits per heavy atom. The molecule has 3 rings (SSSR count). The number of aliphatic hydroxyl groups is 1. The average molecular weight is 462 g/mol. The van der Waals surface area contributed by atoms with Gasteiger partial charge in [0.05, 0.1) is 6.10 Å². The third-order valence-corrected chi connectivity index (χ3v) is 4.81. The minimum Gasteiger partial charge on any atom is -0.391 e. The fraction of sp³-hybridized carbons (Fsp3) is 0.160. The molecule has 3 aromatic rings. The van der Waals surface area contributed by atoms with Gasteiger partial charge in [-0.2, -0.15) is 0 Å². The molecule has 0 bridgehead atoms. The van der Waals surface area contributed by atoms with Gasteiger partial charge in [-0.05, 0) is 61.0 Å². The number of rotatable bonds is 7. The van der Waals surface area contributed by atoms with Gasteiger partial charge >= 0.3 is 0 Å². The van der Waals surface area contributed by atoms with Crippen molar-refractivity contribution in [1.82, 2.24) is 15.8 Å². The number of pyridine rings is 1. The summed E-state index contributed by atoms with van der Waals surface area (Å²) in [6, 6.07) is 14.9. The summed E-state index contributed by atoms with van der Waals surface area (Å²) in [5, 5.41) is 23.9. The van der Waals surface area contributed by atoms with E-state index in [-0.39, 0.29) is 11.4 Å². The SMILES string of the molecule is C[C@@H](O)[C@H](NC(=O)c1ccc(C#Cc2ccc(NCc3ccc(F)cc3)nc2)cc1)C(=O)NO. The number of halogens is 1. The van der Waals surface area contributed by atoms with E-state index >= 15 is 0 Å². The van der Waals surface area contributed by atoms with Crippen LogP contribution in [0, 0.1) is 17.7 Å². The van der Waals surface area contributed by atoms with E-state index in [9.17, 15) is 19.1 Å². The Labute approximate surface area is 195 Å². The lowest BCUT2D eigenvalue weighted by atomic mass is 10.1. The molecule has 8 nitrogen and oxygen atoms in total. The minimum atomic E-state index is -1.29. The van der Waals surface area contributed by atoms with Crippen molar-refractivity contribution in [1.29, 1.82) is 0 Å². The summed E-state index contributed by atoms with van der Waals surface area (Å²) >= 11 is 0. The minimum absolute atomic E-state index is 0.264. The first kappa shape index (κ1) is 24.4. The van der Waals surface area contributed by atoms with Gasteiger partial charge in [0.15, 0.2) is 0 Å². The Kier molecular flexibility index (Phi) is 8.29. The number of aliphatic hydroxyl groups excluding tert-OH is 1. The van der Waals surface area contributed by atoms with Gasteiger partial charge in [-0.15, -0.1) is 0 Å². The van der Waals surface area contributed by atoms with E-state index in [1.807, 2.05) is 6.07 Å². The zero-order valence-electron chi connectivity index (χ0n) is 18.2. The molecule has 0 saturated carbocycles. The van der Waals surface area contributed by atoms with E-state index < -0.39 is 24.0 Å². The van der Waals surface area contributed by atoms with Crippen LogP contribution in [0.25, 0.3) is 0 Å². The average Bonchev–Trinajstić information content (AvgIpc) is 2.86. The molecular formula is C25H23FN4O4. The highest BCUT2D eigenvalue weighted by molar-refractivity contribution is 5.97. The van der Waals surface area contributed by atoms with Crippen molar-refractivity contribution < 1.29 is 24.3 Å². The van der Waals surface area contributed by atoms with Crippen LogP contribution < -0.4 is 16.1 Å². The summed E-state index contributed by atoms with van der Waals surface area (Å²) in [6.07, 6.45) is 0.434. The van der Waals surface area contributed by atoms with Crippen molar-refractivity contribution in [3.05, 3.63) is 94.9 Å². The number of anilines is 1. The number of hydroxylamine groups is 1. The van der Waals surface area contributed by atoms with Crippen LogP contribution in [0.5, 0.6) is 0 Å². The van der Waals surface area contributed by atoms with Gasteiger partial charge in [-0.1, -0.05) is 24.0 Å². The molecule has 1 heterocycles. The van der Waals surface area contributed by atoms with Crippen LogP contribution in [0.3, 0.4) is 0 Å². The number of aromatic nitrogens is 1. The molecule has 0 radical (unpaired) electrons. The summed E-state index contributed by atoms with van der Waals surface area (Å²) in [7, 11) is 0. The predicted molar refractivity (Wildman–Crippen MR) is 123 cm³/mol. The van der Waals surface area contributed by atoms with Crippen LogP contribution in [0.2, 0.25) is 0 Å². The maximum absolute atomic E-state index is 13.0. The predicted octanol–water partition coefficient (Wildman–Crippen LogP) is 2.22. The molecule has 0 aliphatic heterocycles. The van der Waals surface area contributed by atoms with Crippen molar-refractivity contribution >= 4 is 17.6 Å². The zero-order valence-corrected chi connectivity index (χ0v) is 18.2. The molecule has 0 fully saturated rings. The standard InChI is InChI=1S/C25H23FN4O4/c1-16(31)23(25(33)30-34)29-24(32)20-9-4-17(5-10-20)2-3-18-8-13-22(27-14-18)28-15-19-6-11-21(26)12-7-19/h4-14,16,23,31,34H,15H2,1H3,(H,27,28)(H,29,32)(H,30,33)/t16-,23+/m1/s1. The highest BCUT2D eigenvalue weighted by Gasteiger charge is 2.25. The highest BCUT2D eigenvalue weighted by Crippen LogP contribution is 2.09. The van der Waals surface area contributed by atoms with Gasteiger partial charge in [-0.3, -0.25) is 14.8 Å². The van der Waals surface area contributed by atoms with Crippen molar-refractivity contribution in [3.63, 3.8) is 0 Å². The van der Waals surface area contributed by atoms with Crippen molar-refractivity contribution in [2.75, 3.05) is 5.32 Å². The fourth-order valence-electron chi connectivity index (χ4n) is 2.92. The fourth-order valence-corrected chi connectivity index (χ4v) is 2.92. The Morgan fingerprint density at radius 1 is 1.00 bits per heavy atom. The monoisotopic (exact) mass is 462 g/mol. The topological polar surface area (TPSA) is 124 Å². The van der Waals surface area contributed by atoms with Gasteiger partial charge in [0.2, 0.25) is 0 Å². The third kappa shape index (κ3) is 6.87. The number of hydrogen-bond donors (Lipinski definition) is 5. The van der Waals surface area contributed by atoms with Gasteiger partial charge in [0.1, 0.15) is 17.7 Å². The maximum atomic E-state index is 13.0. The zero-order chi connectivity index (χ0) is 24.5. The van der Waals surface area contributed by atoms with Crippen LogP contribution in [-0.4, -0.2) is 39.3 Å². The number of hydrogen-bond acceptors (Lipinski definition) is 6. The molecule has 9 heteroatoms. The molecule has 2 amide bonds. The number of carbonyl (C=O) groups is 2. The largest absolute Gasteiger partial charge is 0.391 e. The quantitative estimate of drug-likeness (QED) is 0.208. The molecule has 0 aliphatic carbocycles. The number of amides is 2. The second-order valence-corrected chi connectivity index (χ2v) is 7.41. The van der Waals surface area contributed by atoms with Crippen molar-refractivity contribution in [2.24, 2.45) is 0 Å². The van der Waals surface area contributed by atoms with Gasteiger partial charge in [0, 0.05) is 29.4 Å². The molecule has 0 saturated heterocycles. The molecule has 0 spiro atoms. The van der Waals surface area contributed by atoms with Crippen LogP contribution in [0.1, 0.15) is 34.0 Å². The summed E-state index contributed by atoms with van der Waals surface area (Å²) in [5.74, 6) is 4.85. The van der Waals surface area contributed by atoms with E-state index in [0.29, 0.717) is 23.5 Å². The number of nitrogens with one attached hydrogen (secondary N) is 3. The molecule has 0 aliphatic rings. The number of benzene rings is 2. The molecule has 1 aromatic heterocycles. The van der Waals surface area contributed by atoms with Gasteiger partial charge in [0.25, 0.3) is 11.8 Å². The Morgan fingerprint density at radius 3 is 2.24 bits per heavy atom. The van der Waals surface area contributed by atoms with Gasteiger partial charge in [-0.25, -0.2) is 14.9 Å². The summed E-state index contributed by atoms with van der Waals surface area (Å²) in [5.41, 5.74) is 3.97. The maximum Gasteiger partial charge on any atom is 0.268 e. The number of carbonyl (C=O) groups excluding carboxylic acids is 2. The molecular weight excluding hydrogens is 439 g/mol. The summed E-state index contributed by atoms with van der Waals surface area (Å²) in [6.45, 7) is 1.84. The second-order valence-electron chi connectivity index (χ2n) is 7.41. The molecule has 2 atom stereocenters. The molecule has 0 unspecified atom stereocenters. The van der Waals surface area contributed by atoms with Crippen molar-refractivity contribution in [2.45, 2.75) is 25.6 Å². The number of nitrogens with zero attached hydrogens (tertiary/aromatic N) is 1.